The molecule has 1 aromatic carbocycles. The number of aliphatic hydroxyl groups is 1. The van der Waals surface area contributed by atoms with Crippen LogP contribution in [-0.2, 0) is 6.18 Å². The summed E-state index contributed by atoms with van der Waals surface area (Å²) >= 11 is 0. The van der Waals surface area contributed by atoms with Crippen LogP contribution in [0.15, 0.2) is 41.2 Å². The molecule has 1 aromatic heterocycles. The SMILES string of the molecule is CC(O)CNC(=O)Nc1c(C(F)(F)F)cc(-c2ccccc2)[nH]c1=O. The number of alkyl halides is 3. The van der Waals surface area contributed by atoms with E-state index in [1.807, 2.05) is 5.32 Å². The third-order valence-corrected chi connectivity index (χ3v) is 3.22. The summed E-state index contributed by atoms with van der Waals surface area (Å²) in [5.74, 6) is 0. The summed E-state index contributed by atoms with van der Waals surface area (Å²) in [5, 5.41) is 13.1. The Labute approximate surface area is 140 Å². The second kappa shape index (κ2) is 7.39. The Bertz CT molecular complexity index is 802. The fraction of sp³-hybridized carbons (Fsp3) is 0.250. The van der Waals surface area contributed by atoms with Crippen LogP contribution in [0.5, 0.6) is 0 Å². The molecule has 2 rings (SSSR count). The van der Waals surface area contributed by atoms with Crippen LogP contribution in [0, 0.1) is 0 Å². The summed E-state index contributed by atoms with van der Waals surface area (Å²) in [6, 6.07) is 7.77. The molecule has 0 aliphatic heterocycles. The Morgan fingerprint density at radius 2 is 1.92 bits per heavy atom. The van der Waals surface area contributed by atoms with Gasteiger partial charge >= 0.3 is 12.2 Å². The summed E-state index contributed by atoms with van der Waals surface area (Å²) in [6.07, 6.45) is -5.73. The first-order valence-corrected chi connectivity index (χ1v) is 7.31. The van der Waals surface area contributed by atoms with Gasteiger partial charge in [0.05, 0.1) is 11.7 Å². The van der Waals surface area contributed by atoms with Crippen molar-refractivity contribution in [3.8, 4) is 11.3 Å². The monoisotopic (exact) mass is 355 g/mol. The van der Waals surface area contributed by atoms with Crippen molar-refractivity contribution in [2.45, 2.75) is 19.2 Å². The van der Waals surface area contributed by atoms with E-state index < -0.39 is 35.1 Å². The minimum absolute atomic E-state index is 0.0205. The molecule has 0 aliphatic carbocycles. The molecule has 0 saturated heterocycles. The number of H-pyrrole nitrogens is 1. The Morgan fingerprint density at radius 1 is 1.28 bits per heavy atom. The number of pyridine rings is 1. The molecular formula is C16H16F3N3O3. The highest BCUT2D eigenvalue weighted by Crippen LogP contribution is 2.35. The molecule has 0 bridgehead atoms. The lowest BCUT2D eigenvalue weighted by atomic mass is 10.1. The molecule has 0 radical (unpaired) electrons. The zero-order chi connectivity index (χ0) is 18.6. The number of amides is 2. The van der Waals surface area contributed by atoms with Crippen molar-refractivity contribution in [3.63, 3.8) is 0 Å². The van der Waals surface area contributed by atoms with Crippen molar-refractivity contribution < 1.29 is 23.1 Å². The molecule has 6 nitrogen and oxygen atoms in total. The quantitative estimate of drug-likeness (QED) is 0.679. The molecule has 2 amide bonds. The summed E-state index contributed by atoms with van der Waals surface area (Å²) in [6.45, 7) is 1.22. The third kappa shape index (κ3) is 4.83. The van der Waals surface area contributed by atoms with Gasteiger partial charge in [0, 0.05) is 12.2 Å². The maximum atomic E-state index is 13.3. The van der Waals surface area contributed by atoms with Gasteiger partial charge in [0.25, 0.3) is 5.56 Å². The smallest absolute Gasteiger partial charge is 0.392 e. The van der Waals surface area contributed by atoms with Crippen molar-refractivity contribution in [3.05, 3.63) is 52.3 Å². The number of aromatic amines is 1. The summed E-state index contributed by atoms with van der Waals surface area (Å²) in [4.78, 5) is 26.1. The molecule has 1 unspecified atom stereocenters. The first kappa shape index (κ1) is 18.5. The van der Waals surface area contributed by atoms with Gasteiger partial charge < -0.3 is 20.7 Å². The average molecular weight is 355 g/mol. The lowest BCUT2D eigenvalue weighted by Crippen LogP contribution is -2.36. The molecule has 25 heavy (non-hydrogen) atoms. The predicted octanol–water partition coefficient (Wildman–Crippen LogP) is 2.56. The average Bonchev–Trinajstić information content (AvgIpc) is 2.54. The molecule has 9 heteroatoms. The number of carbonyl (C=O) groups excluding carboxylic acids is 1. The lowest BCUT2D eigenvalue weighted by molar-refractivity contribution is -0.137. The zero-order valence-corrected chi connectivity index (χ0v) is 13.1. The number of nitrogens with one attached hydrogen (secondary N) is 3. The van der Waals surface area contributed by atoms with Crippen LogP contribution >= 0.6 is 0 Å². The number of carbonyl (C=O) groups is 1. The highest BCUT2D eigenvalue weighted by atomic mass is 19.4. The second-order valence-corrected chi connectivity index (χ2v) is 5.35. The summed E-state index contributed by atoms with van der Waals surface area (Å²) in [7, 11) is 0. The predicted molar refractivity (Wildman–Crippen MR) is 86.2 cm³/mol. The molecule has 4 N–H and O–H groups in total. The van der Waals surface area contributed by atoms with Crippen LogP contribution in [0.25, 0.3) is 11.3 Å². The Morgan fingerprint density at radius 3 is 2.48 bits per heavy atom. The van der Waals surface area contributed by atoms with Crippen molar-refractivity contribution in [2.24, 2.45) is 0 Å². The molecule has 1 atom stereocenters. The van der Waals surface area contributed by atoms with Gasteiger partial charge in [-0.15, -0.1) is 0 Å². The molecule has 0 fully saturated rings. The normalized spacial score (nSPS) is 12.5. The van der Waals surface area contributed by atoms with Crippen molar-refractivity contribution in [1.29, 1.82) is 0 Å². The summed E-state index contributed by atoms with van der Waals surface area (Å²) < 4.78 is 40.0. The fourth-order valence-electron chi connectivity index (χ4n) is 2.08. The van der Waals surface area contributed by atoms with Gasteiger partial charge in [0.1, 0.15) is 5.69 Å². The van der Waals surface area contributed by atoms with E-state index in [2.05, 4.69) is 10.3 Å². The van der Waals surface area contributed by atoms with Gasteiger partial charge in [0.2, 0.25) is 0 Å². The molecule has 0 spiro atoms. The number of rotatable bonds is 4. The van der Waals surface area contributed by atoms with Crippen LogP contribution in [-0.4, -0.2) is 28.8 Å². The number of aromatic nitrogens is 1. The zero-order valence-electron chi connectivity index (χ0n) is 13.1. The minimum Gasteiger partial charge on any atom is -0.392 e. The summed E-state index contributed by atoms with van der Waals surface area (Å²) in [5.41, 5.74) is -2.87. The third-order valence-electron chi connectivity index (χ3n) is 3.22. The number of hydrogen-bond acceptors (Lipinski definition) is 3. The van der Waals surface area contributed by atoms with Gasteiger partial charge in [-0.1, -0.05) is 30.3 Å². The van der Waals surface area contributed by atoms with E-state index in [1.54, 1.807) is 30.3 Å². The molecule has 0 aliphatic rings. The number of urea groups is 1. The van der Waals surface area contributed by atoms with Gasteiger partial charge in [-0.25, -0.2) is 4.79 Å². The lowest BCUT2D eigenvalue weighted by Gasteiger charge is -2.15. The largest absolute Gasteiger partial charge is 0.418 e. The molecule has 2 aromatic rings. The first-order chi connectivity index (χ1) is 11.7. The first-order valence-electron chi connectivity index (χ1n) is 7.31. The van der Waals surface area contributed by atoms with E-state index in [0.717, 1.165) is 6.07 Å². The van der Waals surface area contributed by atoms with Crippen molar-refractivity contribution >= 4 is 11.7 Å². The number of hydrogen-bond donors (Lipinski definition) is 4. The van der Waals surface area contributed by atoms with Crippen molar-refractivity contribution in [2.75, 3.05) is 11.9 Å². The fourth-order valence-corrected chi connectivity index (χ4v) is 2.08. The maximum Gasteiger partial charge on any atom is 0.418 e. The molecule has 134 valence electrons. The van der Waals surface area contributed by atoms with E-state index >= 15 is 0 Å². The number of halogens is 3. The molecule has 1 heterocycles. The van der Waals surface area contributed by atoms with E-state index in [9.17, 15) is 22.8 Å². The van der Waals surface area contributed by atoms with E-state index in [4.69, 9.17) is 5.11 Å². The van der Waals surface area contributed by atoms with Gasteiger partial charge in [-0.2, -0.15) is 13.2 Å². The topological polar surface area (TPSA) is 94.2 Å². The Kier molecular flexibility index (Phi) is 5.48. The Hall–Kier alpha value is -2.81. The molecular weight excluding hydrogens is 339 g/mol. The highest BCUT2D eigenvalue weighted by molar-refractivity contribution is 5.90. The number of aliphatic hydroxyl groups excluding tert-OH is 1. The van der Waals surface area contributed by atoms with E-state index in [0.29, 0.717) is 5.56 Å². The number of anilines is 1. The van der Waals surface area contributed by atoms with Crippen LogP contribution in [0.4, 0.5) is 23.7 Å². The van der Waals surface area contributed by atoms with Crippen molar-refractivity contribution in [1.82, 2.24) is 10.3 Å². The standard InChI is InChI=1S/C16H16F3N3O3/c1-9(23)8-20-15(25)22-13-11(16(17,18)19)7-12(21-14(13)24)10-5-3-2-4-6-10/h2-7,9,23H,8H2,1H3,(H,21,24)(H2,20,22,25). The van der Waals surface area contributed by atoms with Crippen LogP contribution < -0.4 is 16.2 Å². The van der Waals surface area contributed by atoms with E-state index in [-0.39, 0.29) is 12.2 Å². The van der Waals surface area contributed by atoms with Gasteiger partial charge in [-0.05, 0) is 18.6 Å². The van der Waals surface area contributed by atoms with Crippen LogP contribution in [0.1, 0.15) is 12.5 Å². The highest BCUT2D eigenvalue weighted by Gasteiger charge is 2.36. The van der Waals surface area contributed by atoms with E-state index in [1.165, 1.54) is 6.92 Å². The molecule has 0 saturated carbocycles. The van der Waals surface area contributed by atoms with Gasteiger partial charge in [0.15, 0.2) is 0 Å². The number of benzene rings is 1. The van der Waals surface area contributed by atoms with Crippen LogP contribution in [0.3, 0.4) is 0 Å². The second-order valence-electron chi connectivity index (χ2n) is 5.35. The maximum absolute atomic E-state index is 13.3. The minimum atomic E-state index is -4.84. The van der Waals surface area contributed by atoms with Gasteiger partial charge in [-0.3, -0.25) is 4.79 Å². The van der Waals surface area contributed by atoms with Crippen LogP contribution in [0.2, 0.25) is 0 Å². The Balaban J connectivity index is 2.43.